The molecule has 1 saturated heterocycles. The summed E-state index contributed by atoms with van der Waals surface area (Å²) in [7, 11) is -4.10. The number of nitrogens with one attached hydrogen (secondary N) is 1. The summed E-state index contributed by atoms with van der Waals surface area (Å²) in [4.78, 5) is 19.7. The molecule has 0 unspecified atom stereocenters. The highest BCUT2D eigenvalue weighted by molar-refractivity contribution is 7.89. The topological polar surface area (TPSA) is 92.3 Å². The summed E-state index contributed by atoms with van der Waals surface area (Å²) in [5, 5.41) is 2.59. The van der Waals surface area contributed by atoms with Crippen LogP contribution in [0.5, 0.6) is 0 Å². The van der Waals surface area contributed by atoms with Crippen molar-refractivity contribution in [1.29, 1.82) is 0 Å². The van der Waals surface area contributed by atoms with Gasteiger partial charge in [0.1, 0.15) is 17.7 Å². The number of rotatable bonds is 7. The third-order valence-corrected chi connectivity index (χ3v) is 8.32. The lowest BCUT2D eigenvalue weighted by molar-refractivity contribution is -0.145. The maximum absolute atomic E-state index is 14.5. The van der Waals surface area contributed by atoms with E-state index in [0.29, 0.717) is 18.4 Å². The van der Waals surface area contributed by atoms with Gasteiger partial charge in [-0.1, -0.05) is 19.4 Å². The van der Waals surface area contributed by atoms with Crippen LogP contribution in [0.4, 0.5) is 22.0 Å². The molecule has 38 heavy (non-hydrogen) atoms. The summed E-state index contributed by atoms with van der Waals surface area (Å²) in [5.41, 5.74) is 0.580. The van der Waals surface area contributed by atoms with Gasteiger partial charge in [-0.3, -0.25) is 4.79 Å². The second-order valence-electron chi connectivity index (χ2n) is 8.79. The number of nitrogens with zero attached hydrogens (tertiary/aromatic N) is 3. The Morgan fingerprint density at radius 2 is 1.71 bits per heavy atom. The minimum atomic E-state index is -4.70. The van der Waals surface area contributed by atoms with E-state index in [-0.39, 0.29) is 35.0 Å². The highest BCUT2D eigenvalue weighted by Gasteiger charge is 2.44. The molecular formula is C25H23F5N4O3S. The number of hydrogen-bond acceptors (Lipinski definition) is 5. The number of alkyl halides is 3. The van der Waals surface area contributed by atoms with Crippen LogP contribution in [0.25, 0.3) is 11.1 Å². The van der Waals surface area contributed by atoms with E-state index in [2.05, 4.69) is 15.3 Å². The van der Waals surface area contributed by atoms with Crippen LogP contribution in [0.15, 0.2) is 59.8 Å². The maximum atomic E-state index is 14.5. The predicted octanol–water partition coefficient (Wildman–Crippen LogP) is 4.55. The fourth-order valence-electron chi connectivity index (χ4n) is 4.41. The van der Waals surface area contributed by atoms with Crippen LogP contribution in [0.1, 0.15) is 31.2 Å². The molecule has 0 saturated carbocycles. The average Bonchev–Trinajstić information content (AvgIpc) is 3.33. The Balaban J connectivity index is 1.53. The molecule has 13 heteroatoms. The molecule has 0 radical (unpaired) electrons. The Kier molecular flexibility index (Phi) is 7.79. The van der Waals surface area contributed by atoms with Gasteiger partial charge in [-0.2, -0.15) is 17.5 Å². The number of carbonyl (C=O) groups is 1. The number of benzene rings is 2. The molecule has 0 bridgehead atoms. The zero-order chi connectivity index (χ0) is 27.7. The zero-order valence-corrected chi connectivity index (χ0v) is 20.9. The van der Waals surface area contributed by atoms with Crippen LogP contribution in [0, 0.1) is 17.6 Å². The van der Waals surface area contributed by atoms with Gasteiger partial charge in [0, 0.05) is 36.6 Å². The highest BCUT2D eigenvalue weighted by atomic mass is 32.2. The van der Waals surface area contributed by atoms with Crippen LogP contribution in [-0.4, -0.2) is 41.2 Å². The predicted molar refractivity (Wildman–Crippen MR) is 127 cm³/mol. The standard InChI is InChI=1S/C25H23F5N4O3S/c1-2-15-9-10-34(38(36,37)20-6-4-19(26)5-7-20)22(15)23(35)31-12-17-11-16(3-8-21(17)27)18-13-32-24(33-14-18)25(28,29)30/h3-8,11,13-15,22H,2,9-10,12H2,1H3,(H,31,35)/t15-,22-/m0/s1. The summed E-state index contributed by atoms with van der Waals surface area (Å²) in [6, 6.07) is 7.04. The summed E-state index contributed by atoms with van der Waals surface area (Å²) in [6.07, 6.45) is -1.81. The summed E-state index contributed by atoms with van der Waals surface area (Å²) in [6.45, 7) is 1.62. The van der Waals surface area contributed by atoms with Gasteiger partial charge in [-0.25, -0.2) is 27.2 Å². The van der Waals surface area contributed by atoms with Gasteiger partial charge in [-0.15, -0.1) is 0 Å². The van der Waals surface area contributed by atoms with Gasteiger partial charge in [0.2, 0.25) is 21.8 Å². The van der Waals surface area contributed by atoms with Gasteiger partial charge in [-0.05, 0) is 54.3 Å². The molecule has 202 valence electrons. The molecule has 1 fully saturated rings. The monoisotopic (exact) mass is 554 g/mol. The minimum absolute atomic E-state index is 0.0368. The van der Waals surface area contributed by atoms with Crippen molar-refractivity contribution in [1.82, 2.24) is 19.6 Å². The van der Waals surface area contributed by atoms with E-state index in [4.69, 9.17) is 0 Å². The van der Waals surface area contributed by atoms with Crippen molar-refractivity contribution >= 4 is 15.9 Å². The lowest BCUT2D eigenvalue weighted by Crippen LogP contribution is -2.48. The quantitative estimate of drug-likeness (QED) is 0.433. The first-order valence-electron chi connectivity index (χ1n) is 11.6. The highest BCUT2D eigenvalue weighted by Crippen LogP contribution is 2.33. The molecule has 1 aliphatic rings. The number of carbonyl (C=O) groups excluding carboxylic acids is 1. The van der Waals surface area contributed by atoms with Crippen molar-refractivity contribution in [3.05, 3.63) is 77.9 Å². The molecule has 1 aliphatic heterocycles. The van der Waals surface area contributed by atoms with E-state index >= 15 is 0 Å². The fourth-order valence-corrected chi connectivity index (χ4v) is 6.07. The lowest BCUT2D eigenvalue weighted by atomic mass is 9.97. The van der Waals surface area contributed by atoms with Crippen molar-refractivity contribution in [2.75, 3.05) is 6.54 Å². The Morgan fingerprint density at radius 3 is 2.32 bits per heavy atom. The molecular weight excluding hydrogens is 531 g/mol. The van der Waals surface area contributed by atoms with E-state index in [0.717, 1.165) is 47.0 Å². The molecule has 2 atom stereocenters. The number of aromatic nitrogens is 2. The van der Waals surface area contributed by atoms with Gasteiger partial charge in [0.05, 0.1) is 4.90 Å². The largest absolute Gasteiger partial charge is 0.451 e. The van der Waals surface area contributed by atoms with Crippen LogP contribution >= 0.6 is 0 Å². The van der Waals surface area contributed by atoms with E-state index in [1.165, 1.54) is 12.1 Å². The van der Waals surface area contributed by atoms with Crippen LogP contribution < -0.4 is 5.32 Å². The van der Waals surface area contributed by atoms with E-state index in [9.17, 15) is 35.2 Å². The Bertz CT molecular complexity index is 1410. The van der Waals surface area contributed by atoms with Crippen LogP contribution in [0.3, 0.4) is 0 Å². The van der Waals surface area contributed by atoms with Crippen molar-refractivity contribution in [2.45, 2.75) is 43.4 Å². The number of hydrogen-bond donors (Lipinski definition) is 1. The smallest absolute Gasteiger partial charge is 0.351 e. The average molecular weight is 555 g/mol. The molecule has 3 aromatic rings. The zero-order valence-electron chi connectivity index (χ0n) is 20.0. The second-order valence-corrected chi connectivity index (χ2v) is 10.7. The van der Waals surface area contributed by atoms with Gasteiger partial charge >= 0.3 is 6.18 Å². The fraction of sp³-hybridized carbons (Fsp3) is 0.320. The van der Waals surface area contributed by atoms with Gasteiger partial charge in [0.25, 0.3) is 0 Å². The van der Waals surface area contributed by atoms with E-state index in [1.807, 2.05) is 6.92 Å². The minimum Gasteiger partial charge on any atom is -0.351 e. The van der Waals surface area contributed by atoms with Gasteiger partial charge < -0.3 is 5.32 Å². The Morgan fingerprint density at radius 1 is 1.05 bits per heavy atom. The van der Waals surface area contributed by atoms with Crippen LogP contribution in [-0.2, 0) is 27.5 Å². The molecule has 1 amide bonds. The number of amides is 1. The van der Waals surface area contributed by atoms with Gasteiger partial charge in [0.15, 0.2) is 0 Å². The summed E-state index contributed by atoms with van der Waals surface area (Å²) in [5.74, 6) is -3.49. The molecule has 0 aliphatic carbocycles. The third-order valence-electron chi connectivity index (χ3n) is 6.43. The summed E-state index contributed by atoms with van der Waals surface area (Å²) >= 11 is 0. The molecule has 2 aromatic carbocycles. The van der Waals surface area contributed by atoms with Crippen molar-refractivity contribution in [3.63, 3.8) is 0 Å². The molecule has 4 rings (SSSR count). The molecule has 2 heterocycles. The number of sulfonamides is 1. The Hall–Kier alpha value is -3.45. The maximum Gasteiger partial charge on any atom is 0.451 e. The van der Waals surface area contributed by atoms with Crippen LogP contribution in [0.2, 0.25) is 0 Å². The first-order valence-corrected chi connectivity index (χ1v) is 13.1. The normalized spacial score (nSPS) is 18.5. The Labute approximate surface area is 215 Å². The van der Waals surface area contributed by atoms with E-state index in [1.54, 1.807) is 0 Å². The molecule has 1 aromatic heterocycles. The molecule has 7 nitrogen and oxygen atoms in total. The third kappa shape index (κ3) is 5.68. The lowest BCUT2D eigenvalue weighted by Gasteiger charge is -2.26. The first kappa shape index (κ1) is 27.6. The SMILES string of the molecule is CC[C@H]1CCN(S(=O)(=O)c2ccc(F)cc2)[C@@H]1C(=O)NCc1cc(-c2cnc(C(F)(F)F)nc2)ccc1F. The van der Waals surface area contributed by atoms with E-state index < -0.39 is 45.6 Å². The molecule has 1 N–H and O–H groups in total. The summed E-state index contributed by atoms with van der Waals surface area (Å²) < 4.78 is 93.6. The molecule has 0 spiro atoms. The van der Waals surface area contributed by atoms with Crippen molar-refractivity contribution < 1.29 is 35.2 Å². The second kappa shape index (κ2) is 10.7. The van der Waals surface area contributed by atoms with Crippen molar-refractivity contribution in [2.24, 2.45) is 5.92 Å². The number of halogens is 5. The first-order chi connectivity index (χ1) is 17.9. The van der Waals surface area contributed by atoms with Crippen molar-refractivity contribution in [3.8, 4) is 11.1 Å².